The predicted molar refractivity (Wildman–Crippen MR) is 143 cm³/mol. The molecule has 0 saturated carbocycles. The van der Waals surface area contributed by atoms with Gasteiger partial charge in [-0.15, -0.1) is 10.2 Å². The van der Waals surface area contributed by atoms with Crippen molar-refractivity contribution in [1.82, 2.24) is 29.7 Å². The van der Waals surface area contributed by atoms with Crippen molar-refractivity contribution in [2.75, 3.05) is 18.9 Å². The summed E-state index contributed by atoms with van der Waals surface area (Å²) in [6, 6.07) is 9.13. The summed E-state index contributed by atoms with van der Waals surface area (Å²) < 4.78 is 42.6. The number of sulfonamides is 1. The maximum Gasteiger partial charge on any atom is 0.243 e. The summed E-state index contributed by atoms with van der Waals surface area (Å²) in [5, 5.41) is 7.67. The molecule has 4 aromatic rings. The third kappa shape index (κ3) is 5.59. The summed E-state index contributed by atoms with van der Waals surface area (Å²) in [4.78, 5) is 13.1. The van der Waals surface area contributed by atoms with Crippen molar-refractivity contribution in [3.8, 4) is 17.2 Å². The van der Waals surface area contributed by atoms with Crippen molar-refractivity contribution >= 4 is 16.0 Å². The van der Waals surface area contributed by atoms with Crippen LogP contribution < -0.4 is 14.2 Å². The van der Waals surface area contributed by atoms with Gasteiger partial charge in [0.05, 0.1) is 25.9 Å². The SMILES string of the molecule is COc1cccc(OC)c1-n1c(Cc2ccc(C)cn2)nnc1NS(=O)(=O)[C@@H](C)[C@H](C)c1ncc(C)cn1. The van der Waals surface area contributed by atoms with Gasteiger partial charge < -0.3 is 9.47 Å². The summed E-state index contributed by atoms with van der Waals surface area (Å²) >= 11 is 0. The van der Waals surface area contributed by atoms with Gasteiger partial charge in [-0.05, 0) is 50.1 Å². The Balaban J connectivity index is 1.78. The number of ether oxygens (including phenoxy) is 2. The number of nitrogens with one attached hydrogen (secondary N) is 1. The maximum absolute atomic E-state index is 13.6. The fourth-order valence-electron chi connectivity index (χ4n) is 3.89. The molecular formula is C26H31N7O4S. The quantitative estimate of drug-likeness (QED) is 0.322. The van der Waals surface area contributed by atoms with Gasteiger partial charge in [0.1, 0.15) is 28.8 Å². The van der Waals surface area contributed by atoms with E-state index in [1.807, 2.05) is 26.0 Å². The van der Waals surface area contributed by atoms with Gasteiger partial charge in [-0.25, -0.2) is 18.4 Å². The number of aryl methyl sites for hydroxylation is 2. The Morgan fingerprint density at radius 3 is 2.11 bits per heavy atom. The third-order valence-corrected chi connectivity index (χ3v) is 8.16. The number of nitrogens with zero attached hydrogens (tertiary/aromatic N) is 6. The Morgan fingerprint density at radius 1 is 0.895 bits per heavy atom. The Labute approximate surface area is 222 Å². The molecule has 0 spiro atoms. The van der Waals surface area contributed by atoms with E-state index < -0.39 is 21.2 Å². The zero-order valence-corrected chi connectivity index (χ0v) is 23.0. The standard InChI is InChI=1S/C26H31N7O4S/c1-16-10-11-20(27-13-16)12-23-30-31-26(33(23)24-21(36-5)8-7-9-22(24)37-6)32-38(34,35)19(4)18(3)25-28-14-17(2)15-29-25/h7-11,13-15,18-19H,12H2,1-6H3,(H,31,32)/t18-,19-/m0/s1. The lowest BCUT2D eigenvalue weighted by atomic mass is 10.1. The Morgan fingerprint density at radius 2 is 1.53 bits per heavy atom. The summed E-state index contributed by atoms with van der Waals surface area (Å²) in [5.74, 6) is 1.31. The largest absolute Gasteiger partial charge is 0.494 e. The first-order valence-electron chi connectivity index (χ1n) is 12.0. The van der Waals surface area contributed by atoms with Crippen LogP contribution in [-0.2, 0) is 16.4 Å². The minimum Gasteiger partial charge on any atom is -0.494 e. The highest BCUT2D eigenvalue weighted by Crippen LogP contribution is 2.36. The molecule has 1 aromatic carbocycles. The molecule has 0 aliphatic heterocycles. The van der Waals surface area contributed by atoms with E-state index in [0.717, 1.165) is 16.8 Å². The molecule has 3 aromatic heterocycles. The molecule has 0 radical (unpaired) electrons. The number of hydrogen-bond acceptors (Lipinski definition) is 9. The Hall–Kier alpha value is -4.06. The van der Waals surface area contributed by atoms with Crippen molar-refractivity contribution in [1.29, 1.82) is 0 Å². The minimum atomic E-state index is -3.96. The molecule has 0 aliphatic rings. The highest BCUT2D eigenvalue weighted by Gasteiger charge is 2.32. The molecule has 0 aliphatic carbocycles. The zero-order chi connectivity index (χ0) is 27.4. The number of pyridine rings is 1. The number of rotatable bonds is 10. The molecule has 11 nitrogen and oxygen atoms in total. The number of aromatic nitrogens is 6. The van der Waals surface area contributed by atoms with Crippen LogP contribution in [0.5, 0.6) is 11.5 Å². The molecular weight excluding hydrogens is 506 g/mol. The molecule has 3 heterocycles. The van der Waals surface area contributed by atoms with E-state index in [1.165, 1.54) is 14.2 Å². The van der Waals surface area contributed by atoms with E-state index in [1.54, 1.807) is 55.2 Å². The first-order chi connectivity index (χ1) is 18.1. The van der Waals surface area contributed by atoms with E-state index in [9.17, 15) is 8.42 Å². The normalized spacial score (nSPS) is 13.1. The van der Waals surface area contributed by atoms with Crippen LogP contribution in [0.4, 0.5) is 5.95 Å². The van der Waals surface area contributed by atoms with Crippen LogP contribution in [-0.4, -0.2) is 57.6 Å². The molecule has 2 atom stereocenters. The monoisotopic (exact) mass is 537 g/mol. The molecule has 0 amide bonds. The molecule has 12 heteroatoms. The van der Waals surface area contributed by atoms with E-state index in [-0.39, 0.29) is 5.95 Å². The van der Waals surface area contributed by atoms with Gasteiger partial charge in [-0.2, -0.15) is 0 Å². The second-order valence-electron chi connectivity index (χ2n) is 9.05. The second kappa shape index (κ2) is 11.1. The molecule has 0 unspecified atom stereocenters. The average Bonchev–Trinajstić information content (AvgIpc) is 3.29. The van der Waals surface area contributed by atoms with Crippen LogP contribution in [0.3, 0.4) is 0 Å². The van der Waals surface area contributed by atoms with Crippen LogP contribution in [0.25, 0.3) is 5.69 Å². The minimum absolute atomic E-state index is 0.00112. The molecule has 0 fully saturated rings. The number of methoxy groups -OCH3 is 2. The summed E-state index contributed by atoms with van der Waals surface area (Å²) in [6.07, 6.45) is 5.39. The number of para-hydroxylation sites is 1. The zero-order valence-electron chi connectivity index (χ0n) is 22.2. The molecule has 1 N–H and O–H groups in total. The highest BCUT2D eigenvalue weighted by atomic mass is 32.2. The van der Waals surface area contributed by atoms with E-state index in [2.05, 4.69) is 29.9 Å². The lowest BCUT2D eigenvalue weighted by Gasteiger charge is -2.21. The molecule has 0 bridgehead atoms. The van der Waals surface area contributed by atoms with E-state index in [0.29, 0.717) is 35.3 Å². The van der Waals surface area contributed by atoms with Gasteiger partial charge in [0, 0.05) is 30.2 Å². The number of anilines is 1. The fourth-order valence-corrected chi connectivity index (χ4v) is 5.12. The van der Waals surface area contributed by atoms with Crippen LogP contribution in [0.15, 0.2) is 48.9 Å². The lowest BCUT2D eigenvalue weighted by Crippen LogP contribution is -2.31. The van der Waals surface area contributed by atoms with E-state index in [4.69, 9.17) is 9.47 Å². The summed E-state index contributed by atoms with van der Waals surface area (Å²) in [7, 11) is -0.903. The van der Waals surface area contributed by atoms with Crippen LogP contribution >= 0.6 is 0 Å². The predicted octanol–water partition coefficient (Wildman–Crippen LogP) is 3.61. The number of benzene rings is 1. The van der Waals surface area contributed by atoms with Crippen LogP contribution in [0, 0.1) is 13.8 Å². The molecule has 0 saturated heterocycles. The molecule has 200 valence electrons. The Bertz CT molecular complexity index is 1480. The molecule has 4 rings (SSSR count). The van der Waals surface area contributed by atoms with Crippen molar-refractivity contribution in [3.63, 3.8) is 0 Å². The van der Waals surface area contributed by atoms with Gasteiger partial charge in [-0.3, -0.25) is 14.3 Å². The van der Waals surface area contributed by atoms with Gasteiger partial charge in [0.2, 0.25) is 16.0 Å². The van der Waals surface area contributed by atoms with Crippen molar-refractivity contribution < 1.29 is 17.9 Å². The first-order valence-corrected chi connectivity index (χ1v) is 13.6. The Kier molecular flexibility index (Phi) is 7.91. The average molecular weight is 538 g/mol. The first kappa shape index (κ1) is 27.0. The molecule has 38 heavy (non-hydrogen) atoms. The maximum atomic E-state index is 13.6. The van der Waals surface area contributed by atoms with Crippen LogP contribution in [0.2, 0.25) is 0 Å². The van der Waals surface area contributed by atoms with E-state index >= 15 is 0 Å². The summed E-state index contributed by atoms with van der Waals surface area (Å²) in [5.41, 5.74) is 3.12. The highest BCUT2D eigenvalue weighted by molar-refractivity contribution is 7.93. The second-order valence-corrected chi connectivity index (χ2v) is 11.1. The smallest absolute Gasteiger partial charge is 0.243 e. The topological polar surface area (TPSA) is 134 Å². The summed E-state index contributed by atoms with van der Waals surface area (Å²) in [6.45, 7) is 7.21. The van der Waals surface area contributed by atoms with Crippen molar-refractivity contribution in [2.45, 2.75) is 45.3 Å². The van der Waals surface area contributed by atoms with Crippen LogP contribution in [0.1, 0.15) is 48.2 Å². The van der Waals surface area contributed by atoms with Crippen molar-refractivity contribution in [3.05, 3.63) is 77.4 Å². The third-order valence-electron chi connectivity index (χ3n) is 6.30. The van der Waals surface area contributed by atoms with Gasteiger partial charge in [-0.1, -0.05) is 19.1 Å². The number of hydrogen-bond donors (Lipinski definition) is 1. The van der Waals surface area contributed by atoms with Gasteiger partial charge in [0.15, 0.2) is 0 Å². The van der Waals surface area contributed by atoms with Gasteiger partial charge >= 0.3 is 0 Å². The lowest BCUT2D eigenvalue weighted by molar-refractivity contribution is 0.390. The fraction of sp³-hybridized carbons (Fsp3) is 0.346. The van der Waals surface area contributed by atoms with Crippen molar-refractivity contribution in [2.24, 2.45) is 0 Å². The van der Waals surface area contributed by atoms with Gasteiger partial charge in [0.25, 0.3) is 0 Å².